The largest absolute Gasteiger partial charge is 0.462 e. The van der Waals surface area contributed by atoms with Gasteiger partial charge in [-0.05, 0) is 50.1 Å². The summed E-state index contributed by atoms with van der Waals surface area (Å²) >= 11 is 0. The molecule has 1 heterocycles. The zero-order valence-corrected chi connectivity index (χ0v) is 13.7. The van der Waals surface area contributed by atoms with E-state index in [1.165, 1.54) is 24.3 Å². The quantitative estimate of drug-likeness (QED) is 0.793. The van der Waals surface area contributed by atoms with E-state index in [1.54, 1.807) is 6.92 Å². The van der Waals surface area contributed by atoms with E-state index in [2.05, 4.69) is 10.0 Å². The van der Waals surface area contributed by atoms with Crippen LogP contribution in [0, 0.1) is 5.92 Å². The fourth-order valence-electron chi connectivity index (χ4n) is 2.40. The van der Waals surface area contributed by atoms with Crippen molar-refractivity contribution in [3.8, 4) is 0 Å². The molecule has 0 aromatic heterocycles. The van der Waals surface area contributed by atoms with Crippen molar-refractivity contribution in [2.24, 2.45) is 5.92 Å². The summed E-state index contributed by atoms with van der Waals surface area (Å²) in [7, 11) is -3.59. The van der Waals surface area contributed by atoms with Gasteiger partial charge in [0.2, 0.25) is 10.0 Å². The standard InChI is InChI=1S/C15H22N2O4S/c1-3-21-15(18)12-4-6-13(7-5-12)22(19,20)17-14-10-16-9-8-11(14)2/h4-7,11,14,16-17H,3,8-10H2,1-2H3. The molecular formula is C15H22N2O4S. The number of piperidine rings is 1. The number of nitrogens with one attached hydrogen (secondary N) is 2. The highest BCUT2D eigenvalue weighted by atomic mass is 32.2. The smallest absolute Gasteiger partial charge is 0.338 e. The molecule has 122 valence electrons. The summed E-state index contributed by atoms with van der Waals surface area (Å²) in [6.07, 6.45) is 0.939. The molecule has 22 heavy (non-hydrogen) atoms. The van der Waals surface area contributed by atoms with Crippen molar-refractivity contribution >= 4 is 16.0 Å². The molecule has 1 saturated heterocycles. The molecule has 2 unspecified atom stereocenters. The second kappa shape index (κ2) is 7.21. The minimum atomic E-state index is -3.59. The fourth-order valence-corrected chi connectivity index (χ4v) is 3.74. The van der Waals surface area contributed by atoms with E-state index in [1.807, 2.05) is 6.92 Å². The molecule has 0 bridgehead atoms. The van der Waals surface area contributed by atoms with E-state index in [4.69, 9.17) is 4.74 Å². The molecule has 0 radical (unpaired) electrons. The molecule has 1 aromatic rings. The van der Waals surface area contributed by atoms with Gasteiger partial charge in [-0.25, -0.2) is 17.9 Å². The summed E-state index contributed by atoms with van der Waals surface area (Å²) in [4.78, 5) is 11.7. The van der Waals surface area contributed by atoms with Gasteiger partial charge in [0, 0.05) is 12.6 Å². The Kier molecular flexibility index (Phi) is 5.55. The van der Waals surface area contributed by atoms with Gasteiger partial charge in [0.1, 0.15) is 0 Å². The molecule has 2 rings (SSSR count). The van der Waals surface area contributed by atoms with Crippen molar-refractivity contribution in [2.45, 2.75) is 31.2 Å². The van der Waals surface area contributed by atoms with E-state index in [0.29, 0.717) is 12.1 Å². The molecule has 1 aliphatic heterocycles. The Bertz CT molecular complexity index is 613. The summed E-state index contributed by atoms with van der Waals surface area (Å²) in [5.41, 5.74) is 0.341. The van der Waals surface area contributed by atoms with Crippen molar-refractivity contribution < 1.29 is 17.9 Å². The molecule has 1 aliphatic rings. The van der Waals surface area contributed by atoms with E-state index < -0.39 is 16.0 Å². The van der Waals surface area contributed by atoms with Crippen LogP contribution in [0.3, 0.4) is 0 Å². The third kappa shape index (κ3) is 4.06. The lowest BCUT2D eigenvalue weighted by atomic mass is 9.96. The summed E-state index contributed by atoms with van der Waals surface area (Å²) in [6.45, 7) is 5.58. The molecule has 0 aliphatic carbocycles. The van der Waals surface area contributed by atoms with Crippen molar-refractivity contribution in [1.82, 2.24) is 10.0 Å². The Morgan fingerprint density at radius 2 is 2.05 bits per heavy atom. The zero-order valence-electron chi connectivity index (χ0n) is 12.8. The number of carbonyl (C=O) groups is 1. The second-order valence-electron chi connectivity index (χ2n) is 5.44. The van der Waals surface area contributed by atoms with Crippen LogP contribution in [0.1, 0.15) is 30.6 Å². The van der Waals surface area contributed by atoms with Crippen LogP contribution in [0.2, 0.25) is 0 Å². The first kappa shape index (κ1) is 16.9. The summed E-state index contributed by atoms with van der Waals surface area (Å²) in [5.74, 6) is -0.167. The first-order chi connectivity index (χ1) is 10.4. The predicted octanol–water partition coefficient (Wildman–Crippen LogP) is 1.14. The predicted molar refractivity (Wildman–Crippen MR) is 83.2 cm³/mol. The first-order valence-electron chi connectivity index (χ1n) is 7.44. The number of ether oxygens (including phenoxy) is 1. The van der Waals surface area contributed by atoms with Crippen LogP contribution in [0.5, 0.6) is 0 Å². The Labute approximate surface area is 131 Å². The van der Waals surface area contributed by atoms with Crippen LogP contribution < -0.4 is 10.0 Å². The van der Waals surface area contributed by atoms with Gasteiger partial charge < -0.3 is 10.1 Å². The molecule has 7 heteroatoms. The molecule has 0 saturated carbocycles. The number of hydrogen-bond donors (Lipinski definition) is 2. The number of rotatable bonds is 5. The molecular weight excluding hydrogens is 304 g/mol. The lowest BCUT2D eigenvalue weighted by Crippen LogP contribution is -2.50. The van der Waals surface area contributed by atoms with E-state index in [0.717, 1.165) is 13.0 Å². The van der Waals surface area contributed by atoms with Gasteiger partial charge in [-0.15, -0.1) is 0 Å². The van der Waals surface area contributed by atoms with Crippen LogP contribution in [-0.2, 0) is 14.8 Å². The number of hydrogen-bond acceptors (Lipinski definition) is 5. The Hall–Kier alpha value is -1.44. The average Bonchev–Trinajstić information content (AvgIpc) is 2.50. The van der Waals surface area contributed by atoms with Gasteiger partial charge in [-0.3, -0.25) is 0 Å². The fraction of sp³-hybridized carbons (Fsp3) is 0.533. The monoisotopic (exact) mass is 326 g/mol. The van der Waals surface area contributed by atoms with Crippen molar-refractivity contribution in [1.29, 1.82) is 0 Å². The second-order valence-corrected chi connectivity index (χ2v) is 7.16. The third-order valence-corrected chi connectivity index (χ3v) is 5.32. The van der Waals surface area contributed by atoms with Crippen LogP contribution in [-0.4, -0.2) is 40.1 Å². The molecule has 2 atom stereocenters. The van der Waals surface area contributed by atoms with E-state index in [-0.39, 0.29) is 23.5 Å². The van der Waals surface area contributed by atoms with E-state index >= 15 is 0 Å². The van der Waals surface area contributed by atoms with Gasteiger partial charge in [-0.1, -0.05) is 6.92 Å². The highest BCUT2D eigenvalue weighted by Crippen LogP contribution is 2.16. The lowest BCUT2D eigenvalue weighted by molar-refractivity contribution is 0.0526. The third-order valence-electron chi connectivity index (χ3n) is 3.81. The SMILES string of the molecule is CCOC(=O)c1ccc(S(=O)(=O)NC2CNCCC2C)cc1. The highest BCUT2D eigenvalue weighted by molar-refractivity contribution is 7.89. The minimum absolute atomic E-state index is 0.122. The molecule has 0 spiro atoms. The average molecular weight is 326 g/mol. The maximum Gasteiger partial charge on any atom is 0.338 e. The minimum Gasteiger partial charge on any atom is -0.462 e. The van der Waals surface area contributed by atoms with Gasteiger partial charge in [0.15, 0.2) is 0 Å². The number of sulfonamides is 1. The van der Waals surface area contributed by atoms with Crippen LogP contribution >= 0.6 is 0 Å². The Morgan fingerprint density at radius 3 is 2.64 bits per heavy atom. The van der Waals surface area contributed by atoms with Gasteiger partial charge in [0.25, 0.3) is 0 Å². The maximum atomic E-state index is 12.4. The maximum absolute atomic E-state index is 12.4. The molecule has 0 amide bonds. The Morgan fingerprint density at radius 1 is 1.36 bits per heavy atom. The van der Waals surface area contributed by atoms with Crippen LogP contribution in [0.4, 0.5) is 0 Å². The topological polar surface area (TPSA) is 84.5 Å². The van der Waals surface area contributed by atoms with Gasteiger partial charge >= 0.3 is 5.97 Å². The molecule has 1 fully saturated rings. The van der Waals surface area contributed by atoms with Crippen molar-refractivity contribution in [3.05, 3.63) is 29.8 Å². The summed E-state index contributed by atoms with van der Waals surface area (Å²) in [5, 5.41) is 3.19. The number of esters is 1. The number of carbonyl (C=O) groups excluding carboxylic acids is 1. The van der Waals surface area contributed by atoms with Gasteiger partial charge in [0.05, 0.1) is 17.1 Å². The van der Waals surface area contributed by atoms with Crippen molar-refractivity contribution in [3.63, 3.8) is 0 Å². The molecule has 2 N–H and O–H groups in total. The normalized spacial score (nSPS) is 22.3. The molecule has 1 aromatic carbocycles. The first-order valence-corrected chi connectivity index (χ1v) is 8.92. The van der Waals surface area contributed by atoms with Crippen LogP contribution in [0.25, 0.3) is 0 Å². The summed E-state index contributed by atoms with van der Waals surface area (Å²) in [6, 6.07) is 5.67. The van der Waals surface area contributed by atoms with Gasteiger partial charge in [-0.2, -0.15) is 0 Å². The Balaban J connectivity index is 2.10. The zero-order chi connectivity index (χ0) is 16.2. The van der Waals surface area contributed by atoms with Crippen LogP contribution in [0.15, 0.2) is 29.2 Å². The summed E-state index contributed by atoms with van der Waals surface area (Å²) < 4.78 is 32.4. The van der Waals surface area contributed by atoms with Crippen molar-refractivity contribution in [2.75, 3.05) is 19.7 Å². The number of benzene rings is 1. The molecule has 6 nitrogen and oxygen atoms in total. The lowest BCUT2D eigenvalue weighted by Gasteiger charge is -2.29. The van der Waals surface area contributed by atoms with E-state index in [9.17, 15) is 13.2 Å². The highest BCUT2D eigenvalue weighted by Gasteiger charge is 2.26.